The number of pyridine rings is 1. The van der Waals surface area contributed by atoms with Gasteiger partial charge in [0.05, 0.1) is 12.8 Å². The maximum Gasteiger partial charge on any atom is 0.270 e. The van der Waals surface area contributed by atoms with Gasteiger partial charge >= 0.3 is 0 Å². The van der Waals surface area contributed by atoms with Crippen molar-refractivity contribution < 1.29 is 23.6 Å². The van der Waals surface area contributed by atoms with E-state index in [1.54, 1.807) is 13.0 Å². The Kier molecular flexibility index (Phi) is 6.44. The van der Waals surface area contributed by atoms with Crippen LogP contribution in [0.1, 0.15) is 56.0 Å². The van der Waals surface area contributed by atoms with Crippen LogP contribution in [0.5, 0.6) is 5.75 Å². The smallest absolute Gasteiger partial charge is 0.270 e. The number of rotatable bonds is 7. The van der Waals surface area contributed by atoms with Crippen LogP contribution in [0.25, 0.3) is 0 Å². The second kappa shape index (κ2) is 9.61. The second-order valence-electron chi connectivity index (χ2n) is 7.49. The highest BCUT2D eigenvalue weighted by molar-refractivity contribution is 6.03. The Morgan fingerprint density at radius 3 is 2.74 bits per heavy atom. The maximum atomic E-state index is 14.6. The van der Waals surface area contributed by atoms with Crippen molar-refractivity contribution in [3.63, 3.8) is 0 Å². The topological polar surface area (TPSA) is 142 Å². The van der Waals surface area contributed by atoms with Gasteiger partial charge in [-0.25, -0.2) is 14.4 Å². The molecule has 1 aliphatic heterocycles. The van der Waals surface area contributed by atoms with Crippen LogP contribution < -0.4 is 15.8 Å². The molecule has 34 heavy (non-hydrogen) atoms. The summed E-state index contributed by atoms with van der Waals surface area (Å²) >= 11 is 0. The van der Waals surface area contributed by atoms with Gasteiger partial charge in [0.15, 0.2) is 17.7 Å². The number of nitrogens with zero attached hydrogens (tertiary/aromatic N) is 4. The molecule has 4 rings (SSSR count). The molecule has 2 amide bonds. The van der Waals surface area contributed by atoms with E-state index in [1.807, 2.05) is 0 Å². The molecule has 0 saturated heterocycles. The Balaban J connectivity index is 1.57. The Bertz CT molecular complexity index is 1300. The molecule has 1 unspecified atom stereocenters. The Morgan fingerprint density at radius 1 is 1.21 bits per heavy atom. The molecule has 0 radical (unpaired) electrons. The molecule has 0 fully saturated rings. The van der Waals surface area contributed by atoms with Crippen molar-refractivity contribution in [2.75, 3.05) is 7.11 Å². The van der Waals surface area contributed by atoms with Crippen LogP contribution in [-0.2, 0) is 11.4 Å². The van der Waals surface area contributed by atoms with Crippen LogP contribution in [0.4, 0.5) is 4.39 Å². The summed E-state index contributed by atoms with van der Waals surface area (Å²) in [6.45, 7) is 1.75. The summed E-state index contributed by atoms with van der Waals surface area (Å²) in [7, 11) is 1.36. The van der Waals surface area contributed by atoms with E-state index in [2.05, 4.69) is 25.4 Å². The van der Waals surface area contributed by atoms with Crippen molar-refractivity contribution in [1.29, 1.82) is 0 Å². The summed E-state index contributed by atoms with van der Waals surface area (Å²) in [6.07, 6.45) is 2.75. The van der Waals surface area contributed by atoms with E-state index in [4.69, 9.17) is 15.3 Å². The van der Waals surface area contributed by atoms with Crippen LogP contribution in [0.3, 0.4) is 0 Å². The number of hydrogen-bond acceptors (Lipinski definition) is 8. The van der Waals surface area contributed by atoms with E-state index < -0.39 is 23.7 Å². The number of ether oxygens (including phenoxy) is 1. The number of oxime groups is 1. The fraction of sp³-hybridized carbons (Fsp3) is 0.217. The molecule has 3 N–H and O–H groups in total. The minimum Gasteiger partial charge on any atom is -0.494 e. The Labute approximate surface area is 194 Å². The molecule has 3 heterocycles. The number of halogens is 1. The second-order valence-corrected chi connectivity index (χ2v) is 7.49. The van der Waals surface area contributed by atoms with Crippen LogP contribution in [0, 0.1) is 12.7 Å². The lowest BCUT2D eigenvalue weighted by atomic mass is 9.96. The van der Waals surface area contributed by atoms with E-state index >= 15 is 0 Å². The third-order valence-corrected chi connectivity index (χ3v) is 5.21. The molecular weight excluding hydrogens is 443 g/mol. The number of nitrogens with one attached hydrogen (secondary N) is 1. The lowest BCUT2D eigenvalue weighted by Gasteiger charge is -2.13. The molecular formula is C23H21FN6O4. The van der Waals surface area contributed by atoms with Gasteiger partial charge in [0.2, 0.25) is 0 Å². The molecule has 3 aromatic rings. The first kappa shape index (κ1) is 22.8. The van der Waals surface area contributed by atoms with Crippen molar-refractivity contribution in [3.05, 3.63) is 82.4 Å². The van der Waals surface area contributed by atoms with Crippen molar-refractivity contribution in [2.24, 2.45) is 10.9 Å². The van der Waals surface area contributed by atoms with Gasteiger partial charge in [0.1, 0.15) is 17.2 Å². The third-order valence-electron chi connectivity index (χ3n) is 5.21. The average Bonchev–Trinajstić information content (AvgIpc) is 3.33. The predicted octanol–water partition coefficient (Wildman–Crippen LogP) is 2.22. The first-order valence-electron chi connectivity index (χ1n) is 10.3. The van der Waals surface area contributed by atoms with Gasteiger partial charge in [-0.1, -0.05) is 5.16 Å². The number of methoxy groups -OCH3 is 1. The van der Waals surface area contributed by atoms with E-state index in [1.165, 1.54) is 43.8 Å². The number of amides is 2. The summed E-state index contributed by atoms with van der Waals surface area (Å²) in [4.78, 5) is 41.5. The van der Waals surface area contributed by atoms with Crippen molar-refractivity contribution in [1.82, 2.24) is 20.3 Å². The lowest BCUT2D eigenvalue weighted by Crippen LogP contribution is -2.25. The summed E-state index contributed by atoms with van der Waals surface area (Å²) in [5.74, 6) is -1.14. The number of aryl methyl sites for hydroxylation is 1. The number of nitrogens with two attached hydrogens (primary N) is 1. The van der Waals surface area contributed by atoms with Crippen molar-refractivity contribution in [2.45, 2.75) is 26.0 Å². The fourth-order valence-corrected chi connectivity index (χ4v) is 3.51. The van der Waals surface area contributed by atoms with Gasteiger partial charge in [-0.05, 0) is 48.4 Å². The van der Waals surface area contributed by atoms with E-state index in [-0.39, 0.29) is 23.7 Å². The number of hydrogen-bond donors (Lipinski definition) is 2. The molecule has 0 spiro atoms. The minimum absolute atomic E-state index is 0.0298. The molecule has 11 heteroatoms. The van der Waals surface area contributed by atoms with Crippen LogP contribution in [0.2, 0.25) is 0 Å². The maximum absolute atomic E-state index is 14.6. The highest BCUT2D eigenvalue weighted by atomic mass is 19.1. The normalized spacial score (nSPS) is 14.8. The van der Waals surface area contributed by atoms with Gasteiger partial charge in [-0.3, -0.25) is 14.6 Å². The molecule has 0 saturated carbocycles. The quantitative estimate of drug-likeness (QED) is 0.546. The van der Waals surface area contributed by atoms with Gasteiger partial charge in [0, 0.05) is 30.9 Å². The molecule has 0 bridgehead atoms. The third kappa shape index (κ3) is 4.82. The van der Waals surface area contributed by atoms with Gasteiger partial charge in [-0.15, -0.1) is 0 Å². The van der Waals surface area contributed by atoms with Crippen LogP contribution >= 0.6 is 0 Å². The molecule has 10 nitrogen and oxygen atoms in total. The standard InChI is InChI=1S/C23H21FN6O4/c1-12-26-6-4-17(29-12)23(32)28-11-14-8-21(33-2)16(24)9-15(14)18-10-20(34-30-18)13-3-5-27-19(7-13)22(25)31/h3-9,20H,10-11H2,1-2H3,(H2,25,31)(H,28,32). The summed E-state index contributed by atoms with van der Waals surface area (Å²) in [6, 6.07) is 7.52. The van der Waals surface area contributed by atoms with Crippen molar-refractivity contribution in [3.8, 4) is 5.75 Å². The number of carbonyl (C=O) groups is 2. The van der Waals surface area contributed by atoms with E-state index in [0.29, 0.717) is 34.6 Å². The Hall–Kier alpha value is -4.41. The zero-order valence-electron chi connectivity index (χ0n) is 18.4. The van der Waals surface area contributed by atoms with Gasteiger partial charge in [-0.2, -0.15) is 0 Å². The van der Waals surface area contributed by atoms with Gasteiger partial charge < -0.3 is 20.6 Å². The SMILES string of the molecule is COc1cc(CNC(=O)c2ccnc(C)n2)c(C2=NOC(c3ccnc(C(N)=O)c3)C2)cc1F. The van der Waals surface area contributed by atoms with Crippen molar-refractivity contribution >= 4 is 17.5 Å². The number of benzene rings is 1. The molecule has 1 aliphatic rings. The predicted molar refractivity (Wildman–Crippen MR) is 119 cm³/mol. The lowest BCUT2D eigenvalue weighted by molar-refractivity contribution is 0.0854. The van der Waals surface area contributed by atoms with E-state index in [0.717, 1.165) is 0 Å². The Morgan fingerprint density at radius 2 is 2.00 bits per heavy atom. The van der Waals surface area contributed by atoms with Crippen LogP contribution in [-0.4, -0.2) is 39.6 Å². The molecule has 0 aliphatic carbocycles. The first-order chi connectivity index (χ1) is 16.4. The molecule has 1 aromatic carbocycles. The largest absolute Gasteiger partial charge is 0.494 e. The van der Waals surface area contributed by atoms with E-state index in [9.17, 15) is 14.0 Å². The zero-order valence-corrected chi connectivity index (χ0v) is 18.4. The molecule has 2 aromatic heterocycles. The number of carbonyl (C=O) groups excluding carboxylic acids is 2. The molecule has 174 valence electrons. The summed E-state index contributed by atoms with van der Waals surface area (Å²) < 4.78 is 19.7. The number of primary amides is 1. The summed E-state index contributed by atoms with van der Waals surface area (Å²) in [5.41, 5.74) is 7.80. The highest BCUT2D eigenvalue weighted by Gasteiger charge is 2.27. The first-order valence-corrected chi connectivity index (χ1v) is 10.3. The monoisotopic (exact) mass is 464 g/mol. The minimum atomic E-state index is -0.657. The van der Waals surface area contributed by atoms with Gasteiger partial charge in [0.25, 0.3) is 11.8 Å². The highest BCUT2D eigenvalue weighted by Crippen LogP contribution is 2.32. The zero-order chi connectivity index (χ0) is 24.2. The average molecular weight is 464 g/mol. The molecule has 1 atom stereocenters. The van der Waals surface area contributed by atoms with Crippen LogP contribution in [0.15, 0.2) is 47.9 Å². The number of aromatic nitrogens is 3. The fourth-order valence-electron chi connectivity index (χ4n) is 3.51. The summed E-state index contributed by atoms with van der Waals surface area (Å²) in [5, 5.41) is 6.91.